The second-order valence-electron chi connectivity index (χ2n) is 11.9. The van der Waals surface area contributed by atoms with Crippen molar-refractivity contribution in [1.82, 2.24) is 19.6 Å². The van der Waals surface area contributed by atoms with Crippen molar-refractivity contribution in [3.8, 4) is 5.69 Å². The molecule has 39 heavy (non-hydrogen) atoms. The second-order valence-corrected chi connectivity index (χ2v) is 12.3. The number of hydrogen-bond donors (Lipinski definition) is 1. The number of para-hydroxylation sites is 1. The Kier molecular flexibility index (Phi) is 5.88. The average Bonchev–Trinajstić information content (AvgIpc) is 3.50. The highest BCUT2D eigenvalue weighted by Gasteiger charge is 2.54. The monoisotopic (exact) mass is 543 g/mol. The largest absolute Gasteiger partial charge is 0.305 e. The number of halogens is 2. The Morgan fingerprint density at radius 3 is 2.38 bits per heavy atom. The molecule has 0 aliphatic heterocycles. The second kappa shape index (κ2) is 9.33. The summed E-state index contributed by atoms with van der Waals surface area (Å²) in [5, 5.41) is 13.0. The normalized spacial score (nSPS) is 25.3. The number of aromatic nitrogens is 4. The first kappa shape index (κ1) is 24.6. The summed E-state index contributed by atoms with van der Waals surface area (Å²) >= 11 is 6.24. The van der Waals surface area contributed by atoms with E-state index in [0.717, 1.165) is 54.1 Å². The molecule has 0 radical (unpaired) electrons. The molecule has 4 aliphatic carbocycles. The fourth-order valence-electron chi connectivity index (χ4n) is 7.79. The Morgan fingerprint density at radius 2 is 1.72 bits per heavy atom. The topological polar surface area (TPSA) is 64.7 Å². The molecule has 200 valence electrons. The van der Waals surface area contributed by atoms with Crippen molar-refractivity contribution in [2.75, 3.05) is 5.32 Å². The molecule has 4 saturated carbocycles. The van der Waals surface area contributed by atoms with Gasteiger partial charge >= 0.3 is 0 Å². The number of rotatable bonds is 6. The van der Waals surface area contributed by atoms with Crippen molar-refractivity contribution in [2.24, 2.45) is 17.8 Å². The molecule has 2 aromatic carbocycles. The molecule has 0 atom stereocenters. The van der Waals surface area contributed by atoms with Gasteiger partial charge in [-0.3, -0.25) is 9.48 Å². The molecule has 4 aliphatic rings. The van der Waals surface area contributed by atoms with Crippen molar-refractivity contribution in [1.29, 1.82) is 0 Å². The standard InChI is InChI=1S/C31H31ClFN5O/c1-19-10-28(35-37(19)17-24-26(32)8-5-9-27(24)33)34-30(39)25-18-38(23-6-3-2-4-7-23)36-29(25)31-14-20-11-21(15-31)13-22(12-20)16-31/h2-10,18,20-22H,11-17H2,1H3,(H,34,35,39). The summed E-state index contributed by atoms with van der Waals surface area (Å²) in [4.78, 5) is 13.9. The van der Waals surface area contributed by atoms with Crippen molar-refractivity contribution < 1.29 is 9.18 Å². The van der Waals surface area contributed by atoms with E-state index in [1.54, 1.807) is 22.9 Å². The first-order valence-electron chi connectivity index (χ1n) is 13.8. The summed E-state index contributed by atoms with van der Waals surface area (Å²) in [6, 6.07) is 16.4. The van der Waals surface area contributed by atoms with Crippen molar-refractivity contribution in [2.45, 2.75) is 57.4 Å². The van der Waals surface area contributed by atoms with Gasteiger partial charge in [0.05, 0.1) is 23.5 Å². The number of benzene rings is 2. The van der Waals surface area contributed by atoms with E-state index in [-0.39, 0.29) is 23.7 Å². The zero-order valence-corrected chi connectivity index (χ0v) is 22.7. The van der Waals surface area contributed by atoms with Crippen LogP contribution >= 0.6 is 11.6 Å². The van der Waals surface area contributed by atoms with Gasteiger partial charge in [0.2, 0.25) is 0 Å². The molecule has 4 bridgehead atoms. The molecular formula is C31H31ClFN5O. The molecule has 1 N–H and O–H groups in total. The number of anilines is 1. The van der Waals surface area contributed by atoms with E-state index in [0.29, 0.717) is 22.0 Å². The molecule has 0 spiro atoms. The van der Waals surface area contributed by atoms with Crippen LogP contribution in [-0.2, 0) is 12.0 Å². The fourth-order valence-corrected chi connectivity index (χ4v) is 8.02. The van der Waals surface area contributed by atoms with E-state index in [4.69, 9.17) is 16.7 Å². The maximum Gasteiger partial charge on any atom is 0.260 e. The third kappa shape index (κ3) is 4.37. The van der Waals surface area contributed by atoms with Crippen molar-refractivity contribution >= 4 is 23.3 Å². The quantitative estimate of drug-likeness (QED) is 0.286. The molecule has 1 amide bonds. The van der Waals surface area contributed by atoms with Crippen LogP contribution in [0.25, 0.3) is 5.69 Å². The van der Waals surface area contributed by atoms with Crippen LogP contribution < -0.4 is 5.32 Å². The van der Waals surface area contributed by atoms with Crippen LogP contribution in [0.4, 0.5) is 10.2 Å². The Labute approximate surface area is 232 Å². The molecule has 2 aromatic heterocycles. The molecule has 8 rings (SSSR count). The summed E-state index contributed by atoms with van der Waals surface area (Å²) in [6.07, 6.45) is 9.18. The molecule has 0 unspecified atom stereocenters. The predicted molar refractivity (Wildman–Crippen MR) is 149 cm³/mol. The van der Waals surface area contributed by atoms with Gasteiger partial charge in [0, 0.05) is 34.0 Å². The fraction of sp³-hybridized carbons (Fsp3) is 0.387. The van der Waals surface area contributed by atoms with Crippen LogP contribution in [0.1, 0.15) is 65.8 Å². The van der Waals surface area contributed by atoms with Gasteiger partial charge in [0.1, 0.15) is 5.82 Å². The van der Waals surface area contributed by atoms with Crippen LogP contribution in [-0.4, -0.2) is 25.5 Å². The van der Waals surface area contributed by atoms with Crippen LogP contribution in [0, 0.1) is 30.5 Å². The summed E-state index contributed by atoms with van der Waals surface area (Å²) in [5.41, 5.74) is 3.60. The highest BCUT2D eigenvalue weighted by molar-refractivity contribution is 6.31. The van der Waals surface area contributed by atoms with Gasteiger partial charge in [-0.05, 0) is 87.5 Å². The lowest BCUT2D eigenvalue weighted by atomic mass is 9.48. The summed E-state index contributed by atoms with van der Waals surface area (Å²) in [7, 11) is 0. The maximum atomic E-state index is 14.4. The zero-order chi connectivity index (χ0) is 26.7. The third-order valence-corrected chi connectivity index (χ3v) is 9.47. The number of hydrogen-bond acceptors (Lipinski definition) is 3. The number of carbonyl (C=O) groups excluding carboxylic acids is 1. The third-order valence-electron chi connectivity index (χ3n) is 9.11. The number of carbonyl (C=O) groups is 1. The number of nitrogens with zero attached hydrogens (tertiary/aromatic N) is 4. The highest BCUT2D eigenvalue weighted by Crippen LogP contribution is 2.61. The van der Waals surface area contributed by atoms with E-state index >= 15 is 0 Å². The molecule has 4 fully saturated rings. The highest BCUT2D eigenvalue weighted by atomic mass is 35.5. The van der Waals surface area contributed by atoms with Crippen LogP contribution in [0.15, 0.2) is 60.8 Å². The van der Waals surface area contributed by atoms with E-state index in [1.807, 2.05) is 48.1 Å². The van der Waals surface area contributed by atoms with Gasteiger partial charge < -0.3 is 5.32 Å². The van der Waals surface area contributed by atoms with Gasteiger partial charge in [-0.15, -0.1) is 0 Å². The van der Waals surface area contributed by atoms with Gasteiger partial charge in [-0.1, -0.05) is 35.9 Å². The Bertz CT molecular complexity index is 1500. The van der Waals surface area contributed by atoms with Gasteiger partial charge in [-0.25, -0.2) is 9.07 Å². The Morgan fingerprint density at radius 1 is 1.03 bits per heavy atom. The number of aryl methyl sites for hydroxylation is 1. The average molecular weight is 544 g/mol. The van der Waals surface area contributed by atoms with Crippen LogP contribution in [0.2, 0.25) is 5.02 Å². The lowest BCUT2D eigenvalue weighted by molar-refractivity contribution is -0.00765. The Hall–Kier alpha value is -3.45. The Balaban J connectivity index is 1.22. The van der Waals surface area contributed by atoms with E-state index in [1.165, 1.54) is 25.3 Å². The molecule has 2 heterocycles. The first-order valence-corrected chi connectivity index (χ1v) is 14.2. The molecule has 0 saturated heterocycles. The van der Waals surface area contributed by atoms with Gasteiger partial charge in [-0.2, -0.15) is 10.2 Å². The smallest absolute Gasteiger partial charge is 0.260 e. The van der Waals surface area contributed by atoms with Crippen LogP contribution in [0.5, 0.6) is 0 Å². The lowest BCUT2D eigenvalue weighted by Crippen LogP contribution is -2.49. The van der Waals surface area contributed by atoms with Gasteiger partial charge in [0.15, 0.2) is 5.82 Å². The van der Waals surface area contributed by atoms with E-state index in [2.05, 4.69) is 10.4 Å². The minimum atomic E-state index is -0.378. The summed E-state index contributed by atoms with van der Waals surface area (Å²) < 4.78 is 17.9. The number of amides is 1. The zero-order valence-electron chi connectivity index (χ0n) is 21.9. The lowest BCUT2D eigenvalue weighted by Gasteiger charge is -2.56. The SMILES string of the molecule is Cc1cc(NC(=O)c2cn(-c3ccccc3)nc2C23CC4CC(CC(C4)C2)C3)nn1Cc1c(F)cccc1Cl. The summed E-state index contributed by atoms with van der Waals surface area (Å²) in [6.45, 7) is 2.06. The maximum absolute atomic E-state index is 14.4. The molecule has 6 nitrogen and oxygen atoms in total. The van der Waals surface area contributed by atoms with E-state index in [9.17, 15) is 9.18 Å². The van der Waals surface area contributed by atoms with Crippen molar-refractivity contribution in [3.63, 3.8) is 0 Å². The van der Waals surface area contributed by atoms with Crippen LogP contribution in [0.3, 0.4) is 0 Å². The molecule has 8 heteroatoms. The molecular weight excluding hydrogens is 513 g/mol. The van der Waals surface area contributed by atoms with E-state index < -0.39 is 0 Å². The predicted octanol–water partition coefficient (Wildman–Crippen LogP) is 6.94. The van der Waals surface area contributed by atoms with Gasteiger partial charge in [0.25, 0.3) is 5.91 Å². The number of nitrogens with one attached hydrogen (secondary N) is 1. The minimum Gasteiger partial charge on any atom is -0.305 e. The first-order chi connectivity index (χ1) is 18.9. The molecule has 4 aromatic rings. The van der Waals surface area contributed by atoms with Crippen molar-refractivity contribution in [3.05, 3.63) is 94.1 Å². The summed E-state index contributed by atoms with van der Waals surface area (Å²) in [5.74, 6) is 2.04. The minimum absolute atomic E-state index is 0.0433.